The molecule has 2 amide bonds. The minimum Gasteiger partial charge on any atom is -0.394 e. The number of aliphatic hydroxyl groups is 1. The summed E-state index contributed by atoms with van der Waals surface area (Å²) in [5.74, 6) is 1.06. The number of carbonyl (C=O) groups is 1. The third kappa shape index (κ3) is 4.07. The first-order chi connectivity index (χ1) is 7.82. The molecule has 96 valence electrons. The number of urea groups is 1. The third-order valence-electron chi connectivity index (χ3n) is 2.14. The van der Waals surface area contributed by atoms with Gasteiger partial charge in [-0.15, -0.1) is 0 Å². The minimum absolute atomic E-state index is 0.112. The van der Waals surface area contributed by atoms with Crippen LogP contribution in [0.15, 0.2) is 10.6 Å². The van der Waals surface area contributed by atoms with Gasteiger partial charge in [0.2, 0.25) is 0 Å². The van der Waals surface area contributed by atoms with Crippen LogP contribution in [0.5, 0.6) is 0 Å². The number of nitrogens with one attached hydrogen (secondary N) is 2. The molecule has 1 unspecified atom stereocenters. The summed E-state index contributed by atoms with van der Waals surface area (Å²) in [4.78, 5) is 11.4. The molecule has 0 radical (unpaired) electrons. The van der Waals surface area contributed by atoms with Gasteiger partial charge in [0, 0.05) is 11.5 Å². The predicted molar refractivity (Wildman–Crippen MR) is 63.9 cm³/mol. The molecule has 1 heterocycles. The fraction of sp³-hybridized carbons (Fsp3) is 0.636. The Hall–Kier alpha value is -1.56. The van der Waals surface area contributed by atoms with E-state index in [2.05, 4.69) is 15.8 Å². The summed E-state index contributed by atoms with van der Waals surface area (Å²) in [5.41, 5.74) is -0.151. The second-order valence-electron chi connectivity index (χ2n) is 5.01. The Labute approximate surface area is 100 Å². The molecule has 0 saturated heterocycles. The lowest BCUT2D eigenvalue weighted by atomic mass is 9.93. The highest BCUT2D eigenvalue weighted by molar-refractivity contribution is 5.88. The molecule has 3 N–H and O–H groups in total. The average Bonchev–Trinajstić information content (AvgIpc) is 2.65. The SMILES string of the molecule is CC(CO)NC(=O)Nc1cc(C(C)(C)C)on1. The maximum atomic E-state index is 11.4. The van der Waals surface area contributed by atoms with Gasteiger partial charge in [-0.05, 0) is 6.92 Å². The average molecular weight is 241 g/mol. The van der Waals surface area contributed by atoms with Crippen molar-refractivity contribution < 1.29 is 14.4 Å². The van der Waals surface area contributed by atoms with Gasteiger partial charge in [-0.2, -0.15) is 0 Å². The summed E-state index contributed by atoms with van der Waals surface area (Å²) < 4.78 is 5.12. The fourth-order valence-electron chi connectivity index (χ4n) is 1.11. The standard InChI is InChI=1S/C11H19N3O3/c1-7(6-15)12-10(16)13-9-5-8(17-14-9)11(2,3)4/h5,7,15H,6H2,1-4H3,(H2,12,13,14,16). The zero-order valence-electron chi connectivity index (χ0n) is 10.6. The van der Waals surface area contributed by atoms with Crippen LogP contribution in [0.2, 0.25) is 0 Å². The first-order valence-corrected chi connectivity index (χ1v) is 5.48. The first kappa shape index (κ1) is 13.5. The number of hydrogen-bond donors (Lipinski definition) is 3. The maximum Gasteiger partial charge on any atom is 0.320 e. The highest BCUT2D eigenvalue weighted by Gasteiger charge is 2.20. The molecule has 17 heavy (non-hydrogen) atoms. The summed E-state index contributed by atoms with van der Waals surface area (Å²) in [6.07, 6.45) is 0. The topological polar surface area (TPSA) is 87.4 Å². The Morgan fingerprint density at radius 1 is 1.59 bits per heavy atom. The highest BCUT2D eigenvalue weighted by Crippen LogP contribution is 2.24. The van der Waals surface area contributed by atoms with Crippen molar-refractivity contribution in [2.24, 2.45) is 0 Å². The monoisotopic (exact) mass is 241 g/mol. The fourth-order valence-corrected chi connectivity index (χ4v) is 1.11. The van der Waals surface area contributed by atoms with Crippen molar-refractivity contribution in [3.8, 4) is 0 Å². The molecule has 0 aromatic carbocycles. The number of nitrogens with zero attached hydrogens (tertiary/aromatic N) is 1. The maximum absolute atomic E-state index is 11.4. The van der Waals surface area contributed by atoms with Crippen LogP contribution in [0.1, 0.15) is 33.5 Å². The van der Waals surface area contributed by atoms with Crippen molar-refractivity contribution in [3.63, 3.8) is 0 Å². The second kappa shape index (κ2) is 5.18. The van der Waals surface area contributed by atoms with Gasteiger partial charge in [-0.1, -0.05) is 25.9 Å². The molecule has 0 saturated carbocycles. The van der Waals surface area contributed by atoms with Crippen LogP contribution >= 0.6 is 0 Å². The largest absolute Gasteiger partial charge is 0.394 e. The normalized spacial score (nSPS) is 13.2. The van der Waals surface area contributed by atoms with E-state index in [1.54, 1.807) is 13.0 Å². The van der Waals surface area contributed by atoms with Crippen LogP contribution < -0.4 is 10.6 Å². The molecule has 0 aliphatic carbocycles. The molecule has 1 atom stereocenters. The lowest BCUT2D eigenvalue weighted by Crippen LogP contribution is -2.38. The van der Waals surface area contributed by atoms with E-state index in [-0.39, 0.29) is 18.1 Å². The number of rotatable bonds is 3. The molecular weight excluding hydrogens is 222 g/mol. The van der Waals surface area contributed by atoms with Crippen LogP contribution in [0.3, 0.4) is 0 Å². The Balaban J connectivity index is 2.58. The summed E-state index contributed by atoms with van der Waals surface area (Å²) in [6.45, 7) is 7.56. The van der Waals surface area contributed by atoms with Gasteiger partial charge in [0.05, 0.1) is 12.6 Å². The summed E-state index contributed by atoms with van der Waals surface area (Å²) in [5, 5.41) is 17.6. The lowest BCUT2D eigenvalue weighted by Gasteiger charge is -2.12. The van der Waals surface area contributed by atoms with Crippen molar-refractivity contribution in [3.05, 3.63) is 11.8 Å². The molecular formula is C11H19N3O3. The van der Waals surface area contributed by atoms with Gasteiger partial charge in [-0.25, -0.2) is 4.79 Å². The van der Waals surface area contributed by atoms with Crippen molar-refractivity contribution >= 4 is 11.8 Å². The Bertz CT molecular complexity index is 382. The molecule has 0 aliphatic rings. The Kier molecular flexibility index (Phi) is 4.11. The molecule has 6 nitrogen and oxygen atoms in total. The van der Waals surface area contributed by atoms with E-state index in [0.717, 1.165) is 0 Å². The number of amides is 2. The Morgan fingerprint density at radius 2 is 2.24 bits per heavy atom. The summed E-state index contributed by atoms with van der Waals surface area (Å²) >= 11 is 0. The Morgan fingerprint density at radius 3 is 2.71 bits per heavy atom. The van der Waals surface area contributed by atoms with Crippen LogP contribution in [0.4, 0.5) is 10.6 Å². The molecule has 0 bridgehead atoms. The lowest BCUT2D eigenvalue weighted by molar-refractivity contribution is 0.229. The summed E-state index contributed by atoms with van der Waals surface area (Å²) in [7, 11) is 0. The quantitative estimate of drug-likeness (QED) is 0.748. The van der Waals surface area contributed by atoms with Crippen LogP contribution in [-0.2, 0) is 5.41 Å². The molecule has 0 aliphatic heterocycles. The van der Waals surface area contributed by atoms with E-state index in [1.165, 1.54) is 0 Å². The van der Waals surface area contributed by atoms with Gasteiger partial charge in [0.25, 0.3) is 0 Å². The molecule has 0 fully saturated rings. The molecule has 0 spiro atoms. The van der Waals surface area contributed by atoms with E-state index in [0.29, 0.717) is 11.6 Å². The van der Waals surface area contributed by atoms with E-state index in [1.807, 2.05) is 20.8 Å². The second-order valence-corrected chi connectivity index (χ2v) is 5.01. The van der Waals surface area contributed by atoms with Crippen molar-refractivity contribution in [1.29, 1.82) is 0 Å². The van der Waals surface area contributed by atoms with Crippen molar-refractivity contribution in [1.82, 2.24) is 10.5 Å². The van der Waals surface area contributed by atoms with E-state index >= 15 is 0 Å². The van der Waals surface area contributed by atoms with E-state index in [4.69, 9.17) is 9.63 Å². The third-order valence-corrected chi connectivity index (χ3v) is 2.14. The van der Waals surface area contributed by atoms with E-state index < -0.39 is 6.03 Å². The van der Waals surface area contributed by atoms with Gasteiger partial charge >= 0.3 is 6.03 Å². The number of anilines is 1. The molecule has 1 aromatic heterocycles. The molecule has 1 rings (SSSR count). The number of carbonyl (C=O) groups excluding carboxylic acids is 1. The highest BCUT2D eigenvalue weighted by atomic mass is 16.5. The predicted octanol–water partition coefficient (Wildman–Crippen LogP) is 1.47. The van der Waals surface area contributed by atoms with Crippen LogP contribution in [-0.4, -0.2) is 28.9 Å². The number of aromatic nitrogens is 1. The van der Waals surface area contributed by atoms with Crippen molar-refractivity contribution in [2.75, 3.05) is 11.9 Å². The van der Waals surface area contributed by atoms with Crippen molar-refractivity contribution in [2.45, 2.75) is 39.2 Å². The van der Waals surface area contributed by atoms with Gasteiger partial charge in [0.1, 0.15) is 5.76 Å². The van der Waals surface area contributed by atoms with Crippen LogP contribution in [0, 0.1) is 0 Å². The molecule has 1 aromatic rings. The van der Waals surface area contributed by atoms with Gasteiger partial charge in [0.15, 0.2) is 5.82 Å². The number of aliphatic hydroxyl groups excluding tert-OH is 1. The zero-order valence-corrected chi connectivity index (χ0v) is 10.6. The van der Waals surface area contributed by atoms with Gasteiger partial charge < -0.3 is 14.9 Å². The minimum atomic E-state index is -0.416. The number of hydrogen-bond acceptors (Lipinski definition) is 4. The summed E-state index contributed by atoms with van der Waals surface area (Å²) in [6, 6.07) is 0.965. The first-order valence-electron chi connectivity index (χ1n) is 5.48. The smallest absolute Gasteiger partial charge is 0.320 e. The van der Waals surface area contributed by atoms with Gasteiger partial charge in [-0.3, -0.25) is 5.32 Å². The zero-order chi connectivity index (χ0) is 13.1. The van der Waals surface area contributed by atoms with Crippen LogP contribution in [0.25, 0.3) is 0 Å². The molecule has 6 heteroatoms. The van der Waals surface area contributed by atoms with E-state index in [9.17, 15) is 4.79 Å².